The molecule has 4 saturated heterocycles. The van der Waals surface area contributed by atoms with E-state index in [-0.39, 0.29) is 110 Å². The van der Waals surface area contributed by atoms with Gasteiger partial charge in [0.15, 0.2) is 12.6 Å². The van der Waals surface area contributed by atoms with Crippen LogP contribution in [0.1, 0.15) is 122 Å². The lowest BCUT2D eigenvalue weighted by atomic mass is 9.99. The SMILES string of the molecule is COC(=O)NCCCCCC(=O)N1C[C@H](OP(=O)(O)OCC2C[C@@H](O)CN2C(=O)CCCCCNC(=O)C(CCCCNC(=O)CCCCOC2OC(CO)C(O)C(O)C2O)NC(=O)CCCCOC2OC(CO)C(O)C(O)C2O)CC1COP(O)(=S)OC(O)=C(O)O. The van der Waals surface area contributed by atoms with Crippen molar-refractivity contribution < 1.29 is 146 Å². The molecule has 0 aliphatic carbocycles. The molecule has 4 rings (SSSR count). The van der Waals surface area contributed by atoms with Gasteiger partial charge in [0.2, 0.25) is 29.5 Å². The molecule has 0 spiro atoms. The Kier molecular flexibility index (Phi) is 36.4. The molecule has 93 heavy (non-hydrogen) atoms. The van der Waals surface area contributed by atoms with Gasteiger partial charge in [0.05, 0.1) is 57.8 Å². The second-order valence-electron chi connectivity index (χ2n) is 22.8. The van der Waals surface area contributed by atoms with E-state index in [2.05, 4.69) is 30.5 Å². The number of nitrogens with one attached hydrogen (secondary N) is 4. The van der Waals surface area contributed by atoms with Crippen molar-refractivity contribution in [2.45, 2.75) is 214 Å². The summed E-state index contributed by atoms with van der Waals surface area (Å²) in [5, 5.41) is 128. The predicted octanol–water partition coefficient (Wildman–Crippen LogP) is -2.56. The number of nitrogens with zero attached hydrogens (tertiary/aromatic N) is 2. The van der Waals surface area contributed by atoms with E-state index in [0.717, 1.165) is 0 Å². The normalized spacial score (nSPS) is 27.9. The molecule has 18 N–H and O–H groups in total. The van der Waals surface area contributed by atoms with Crippen LogP contribution in [0.2, 0.25) is 0 Å². The molecule has 4 heterocycles. The van der Waals surface area contributed by atoms with E-state index < -0.39 is 174 Å². The third-order valence-corrected chi connectivity index (χ3v) is 18.0. The van der Waals surface area contributed by atoms with Gasteiger partial charge in [0, 0.05) is 83.4 Å². The molecule has 6 amide bonds. The highest BCUT2D eigenvalue weighted by atomic mass is 32.5. The molecule has 4 fully saturated rings. The minimum Gasteiger partial charge on any atom is -0.476 e. The summed E-state index contributed by atoms with van der Waals surface area (Å²) >= 11 is 4.82. The summed E-state index contributed by atoms with van der Waals surface area (Å²) < 4.78 is 60.1. The maximum atomic E-state index is 13.6. The van der Waals surface area contributed by atoms with Crippen LogP contribution < -0.4 is 21.3 Å². The number of rotatable bonds is 43. The fourth-order valence-corrected chi connectivity index (χ4v) is 12.5. The van der Waals surface area contributed by atoms with E-state index in [1.807, 2.05) is 0 Å². The predicted molar refractivity (Wildman–Crippen MR) is 322 cm³/mol. The Morgan fingerprint density at radius 2 is 1.09 bits per heavy atom. The zero-order chi connectivity index (χ0) is 68.8. The van der Waals surface area contributed by atoms with Gasteiger partial charge in [-0.25, -0.2) is 9.36 Å². The first kappa shape index (κ1) is 81.2. The van der Waals surface area contributed by atoms with E-state index in [1.165, 1.54) is 16.9 Å². The first-order valence-corrected chi connectivity index (χ1v) is 35.1. The van der Waals surface area contributed by atoms with E-state index in [9.17, 15) is 94.2 Å². The maximum Gasteiger partial charge on any atom is 0.472 e. The van der Waals surface area contributed by atoms with Gasteiger partial charge < -0.3 is 130 Å². The van der Waals surface area contributed by atoms with Crippen LogP contribution >= 0.6 is 14.5 Å². The molecule has 538 valence electrons. The molecule has 0 bridgehead atoms. The van der Waals surface area contributed by atoms with Gasteiger partial charge in [-0.15, -0.1) is 0 Å². The number of alkyl carbamates (subject to hydrolysis) is 1. The molecule has 0 aromatic carbocycles. The number of aliphatic hydroxyl groups excluding tert-OH is 11. The average molecular weight is 1400 g/mol. The Morgan fingerprint density at radius 3 is 1.63 bits per heavy atom. The molecule has 0 saturated carbocycles. The van der Waals surface area contributed by atoms with Gasteiger partial charge in [-0.3, -0.25) is 37.5 Å². The van der Waals surface area contributed by atoms with Crippen molar-refractivity contribution in [2.75, 3.05) is 79.5 Å². The summed E-state index contributed by atoms with van der Waals surface area (Å²) in [5.41, 5.74) is 0. The highest BCUT2D eigenvalue weighted by molar-refractivity contribution is 8.07. The Labute approximate surface area is 542 Å². The number of amides is 6. The van der Waals surface area contributed by atoms with E-state index in [1.54, 1.807) is 0 Å². The van der Waals surface area contributed by atoms with Gasteiger partial charge in [-0.2, -0.15) is 0 Å². The summed E-state index contributed by atoms with van der Waals surface area (Å²) in [7, 11) is -3.73. The van der Waals surface area contributed by atoms with E-state index in [0.29, 0.717) is 64.2 Å². The van der Waals surface area contributed by atoms with Crippen LogP contribution in [0, 0.1) is 0 Å². The number of likely N-dealkylation sites (tertiary alicyclic amines) is 2. The lowest BCUT2D eigenvalue weighted by Crippen LogP contribution is -2.59. The van der Waals surface area contributed by atoms with Crippen molar-refractivity contribution in [3.63, 3.8) is 0 Å². The van der Waals surface area contributed by atoms with Crippen LogP contribution in [-0.4, -0.2) is 288 Å². The highest BCUT2D eigenvalue weighted by Crippen LogP contribution is 2.49. The van der Waals surface area contributed by atoms with Crippen molar-refractivity contribution in [3.05, 3.63) is 11.9 Å². The third kappa shape index (κ3) is 28.8. The Bertz CT molecular complexity index is 2440. The number of phosphoric acid groups is 1. The number of phosphoric ester groups is 1. The Hall–Kier alpha value is -4.28. The van der Waals surface area contributed by atoms with E-state index >= 15 is 0 Å². The molecule has 15 unspecified atom stereocenters. The minimum absolute atomic E-state index is 0.000336. The van der Waals surface area contributed by atoms with Crippen LogP contribution in [0.5, 0.6) is 0 Å². The molecule has 36 nitrogen and oxygen atoms in total. The summed E-state index contributed by atoms with van der Waals surface area (Å²) in [5.74, 6) is -5.27. The van der Waals surface area contributed by atoms with Gasteiger partial charge in [-0.05, 0) is 83.5 Å². The number of aliphatic hydroxyl groups is 12. The van der Waals surface area contributed by atoms with Crippen molar-refractivity contribution in [3.8, 4) is 0 Å². The number of carbonyl (C=O) groups is 6. The number of methoxy groups -OCH3 is 1. The smallest absolute Gasteiger partial charge is 0.472 e. The second-order valence-corrected chi connectivity index (χ2v) is 27.0. The largest absolute Gasteiger partial charge is 0.476 e. The number of ether oxygens (including phenoxy) is 5. The minimum atomic E-state index is -4.94. The fourth-order valence-electron chi connectivity index (χ4n) is 10.5. The number of unbranched alkanes of at least 4 members (excludes halogenated alkanes) is 7. The van der Waals surface area contributed by atoms with E-state index in [4.69, 9.17) is 54.5 Å². The van der Waals surface area contributed by atoms with Gasteiger partial charge in [0.25, 0.3) is 0 Å². The average Bonchev–Trinajstić information content (AvgIpc) is 1.82. The van der Waals surface area contributed by atoms with Crippen molar-refractivity contribution in [1.29, 1.82) is 0 Å². The number of carbonyl (C=O) groups excluding carboxylic acids is 6. The molecule has 4 aliphatic rings. The second kappa shape index (κ2) is 41.7. The van der Waals surface area contributed by atoms with Gasteiger partial charge in [-0.1, -0.05) is 12.8 Å². The van der Waals surface area contributed by atoms with Crippen molar-refractivity contribution in [1.82, 2.24) is 31.1 Å². The summed E-state index contributed by atoms with van der Waals surface area (Å²) in [6.45, 7) is -6.35. The zero-order valence-electron chi connectivity index (χ0n) is 51.9. The molecule has 4 aliphatic heterocycles. The Balaban J connectivity index is 1.22. The molecule has 0 radical (unpaired) electrons. The monoisotopic (exact) mass is 1400 g/mol. The number of β-amino-alcohol motifs (C(OH)–C–C–N with tert-alkyl or cyclic N) is 1. The molecular formula is C54H96N6O30P2S. The molecular weight excluding hydrogens is 1310 g/mol. The van der Waals surface area contributed by atoms with Gasteiger partial charge in [0.1, 0.15) is 54.9 Å². The lowest BCUT2D eigenvalue weighted by Gasteiger charge is -2.39. The summed E-state index contributed by atoms with van der Waals surface area (Å²) in [4.78, 5) is 101. The molecule has 0 aromatic rings. The lowest BCUT2D eigenvalue weighted by molar-refractivity contribution is -0.301. The van der Waals surface area contributed by atoms with Crippen LogP contribution in [0.25, 0.3) is 0 Å². The standard InChI is InChI=1S/C54H96N6O30P2S/c1-82-54(78)57-21-10-3-5-18-42(67)60-27-35(25-33(60)31-86-92(81,93)90-51(77)50(75)76)89-91(79,80)85-30-32-24-34(63)26-59(32)41(66)17-4-2-9-20-56-49(74)36(58-40(65)16-8-13-23-84-53-48(73)46(71)44(69)38(29-62)88-53)14-6-11-19-55-39(64)15-7-12-22-83-52-47(72)45(70)43(68)37(28-61)87-52/h32-38,43-48,52-53,61-63,68-73,75-77H,2-31H2,1H3,(H,55,64)(H,56,74)(H,57,78)(H,58,65)(H,79,80)(H,81,93)/t32?,33?,34-,35-,36?,37?,38?,43?,44?,45?,46?,47?,48?,52?,53?,92?/m1/s1. The molecule has 17 atom stereocenters. The molecule has 0 aromatic heterocycles. The topological polar surface area (TPSA) is 540 Å². The first-order valence-electron chi connectivity index (χ1n) is 31.0. The van der Waals surface area contributed by atoms with Crippen LogP contribution in [0.4, 0.5) is 4.79 Å². The fraction of sp³-hybridized carbons (Fsp3) is 0.852. The molecule has 39 heteroatoms. The highest BCUT2D eigenvalue weighted by Gasteiger charge is 2.46. The van der Waals surface area contributed by atoms with Crippen molar-refractivity contribution in [2.24, 2.45) is 0 Å². The zero-order valence-corrected chi connectivity index (χ0v) is 54.5. The first-order chi connectivity index (χ1) is 44.1. The maximum absolute atomic E-state index is 13.6. The quantitative estimate of drug-likeness (QED) is 0.0170. The summed E-state index contributed by atoms with van der Waals surface area (Å²) in [6.07, 6.45) is -12.3. The number of hydrogen-bond acceptors (Lipinski definition) is 29. The Morgan fingerprint density at radius 1 is 0.591 bits per heavy atom. The number of hydrogen-bond donors (Lipinski definition) is 18. The van der Waals surface area contributed by atoms with Crippen LogP contribution in [-0.2, 0) is 82.1 Å². The van der Waals surface area contributed by atoms with Crippen LogP contribution in [0.3, 0.4) is 0 Å². The van der Waals surface area contributed by atoms with Crippen LogP contribution in [0.15, 0.2) is 11.9 Å². The third-order valence-electron chi connectivity index (χ3n) is 15.6. The van der Waals surface area contributed by atoms with Crippen molar-refractivity contribution >= 4 is 62.0 Å². The van der Waals surface area contributed by atoms with Gasteiger partial charge >= 0.3 is 32.5 Å². The summed E-state index contributed by atoms with van der Waals surface area (Å²) in [6, 6.07) is -2.78.